The molecular weight excluding hydrogens is 370 g/mol. The predicted molar refractivity (Wildman–Crippen MR) is 105 cm³/mol. The highest BCUT2D eigenvalue weighted by atomic mass is 32.2. The monoisotopic (exact) mass is 399 g/mol. The van der Waals surface area contributed by atoms with Crippen molar-refractivity contribution in [2.75, 3.05) is 13.1 Å². The molecule has 0 saturated carbocycles. The number of sulfonamides is 1. The van der Waals surface area contributed by atoms with Crippen LogP contribution in [0.3, 0.4) is 0 Å². The van der Waals surface area contributed by atoms with Crippen LogP contribution in [-0.2, 0) is 14.8 Å². The number of aromatic nitrogens is 1. The molecule has 1 aliphatic rings. The first-order valence-electron chi connectivity index (χ1n) is 9.04. The highest BCUT2D eigenvalue weighted by Crippen LogP contribution is 2.25. The van der Waals surface area contributed by atoms with Gasteiger partial charge in [0, 0.05) is 24.8 Å². The summed E-state index contributed by atoms with van der Waals surface area (Å²) in [6, 6.07) is 3.26. The molecule has 0 aliphatic carbocycles. The second-order valence-corrected chi connectivity index (χ2v) is 10.9. The Balaban J connectivity index is 2.04. The van der Waals surface area contributed by atoms with E-state index < -0.39 is 10.0 Å². The third-order valence-electron chi connectivity index (χ3n) is 4.08. The van der Waals surface area contributed by atoms with Crippen LogP contribution in [0.25, 0.3) is 0 Å². The molecule has 146 valence electrons. The van der Waals surface area contributed by atoms with Crippen LogP contribution in [0.2, 0.25) is 0 Å². The Bertz CT molecular complexity index is 704. The summed E-state index contributed by atoms with van der Waals surface area (Å²) in [4.78, 5) is 16.6. The van der Waals surface area contributed by atoms with Crippen molar-refractivity contribution >= 4 is 27.7 Å². The first-order chi connectivity index (χ1) is 12.1. The summed E-state index contributed by atoms with van der Waals surface area (Å²) in [5.74, 6) is -0.0643. The van der Waals surface area contributed by atoms with E-state index >= 15 is 0 Å². The molecule has 1 saturated heterocycles. The molecule has 6 nitrogen and oxygen atoms in total. The van der Waals surface area contributed by atoms with Gasteiger partial charge in [0.2, 0.25) is 15.9 Å². The third-order valence-corrected chi connectivity index (χ3v) is 7.01. The number of hydrogen-bond acceptors (Lipinski definition) is 5. The highest BCUT2D eigenvalue weighted by molar-refractivity contribution is 8.00. The van der Waals surface area contributed by atoms with Crippen LogP contribution < -0.4 is 5.32 Å². The predicted octanol–water partition coefficient (Wildman–Crippen LogP) is 3.04. The number of nitrogens with one attached hydrogen (secondary N) is 1. The highest BCUT2D eigenvalue weighted by Gasteiger charge is 2.26. The molecule has 0 unspecified atom stereocenters. The second-order valence-electron chi connectivity index (χ2n) is 7.65. The molecule has 2 heterocycles. The van der Waals surface area contributed by atoms with Crippen LogP contribution in [0, 0.1) is 0 Å². The van der Waals surface area contributed by atoms with Crippen molar-refractivity contribution in [3.63, 3.8) is 0 Å². The molecular formula is C18H29N3O3S2. The molecule has 0 radical (unpaired) electrons. The summed E-state index contributed by atoms with van der Waals surface area (Å²) < 4.78 is 27.1. The number of hydrogen-bond donors (Lipinski definition) is 1. The molecule has 0 spiro atoms. The molecule has 8 heteroatoms. The van der Waals surface area contributed by atoms with Crippen LogP contribution >= 0.6 is 11.8 Å². The van der Waals surface area contributed by atoms with Crippen molar-refractivity contribution in [1.29, 1.82) is 0 Å². The van der Waals surface area contributed by atoms with Gasteiger partial charge >= 0.3 is 0 Å². The zero-order valence-electron chi connectivity index (χ0n) is 16.0. The topological polar surface area (TPSA) is 79.4 Å². The lowest BCUT2D eigenvalue weighted by Crippen LogP contribution is -2.44. The number of nitrogens with zero attached hydrogens (tertiary/aromatic N) is 2. The van der Waals surface area contributed by atoms with Gasteiger partial charge in [-0.15, -0.1) is 0 Å². The van der Waals surface area contributed by atoms with Crippen molar-refractivity contribution in [3.8, 4) is 0 Å². The van der Waals surface area contributed by atoms with Gasteiger partial charge in [-0.2, -0.15) is 4.31 Å². The van der Waals surface area contributed by atoms with E-state index in [1.165, 1.54) is 18.0 Å². The minimum absolute atomic E-state index is 0.0643. The lowest BCUT2D eigenvalue weighted by atomic mass is 10.1. The molecule has 1 aromatic rings. The SMILES string of the molecule is C[C@H](Sc1ccc(S(=O)(=O)N2CCCCCC2)cn1)C(=O)NC(C)(C)C. The first kappa shape index (κ1) is 21.2. The summed E-state index contributed by atoms with van der Waals surface area (Å²) in [5.41, 5.74) is -0.287. The minimum atomic E-state index is -3.49. The largest absolute Gasteiger partial charge is 0.351 e. The number of carbonyl (C=O) groups excluding carboxylic acids is 1. The van der Waals surface area contributed by atoms with Gasteiger partial charge in [-0.25, -0.2) is 13.4 Å². The smallest absolute Gasteiger partial charge is 0.244 e. The van der Waals surface area contributed by atoms with Gasteiger partial charge in [0.25, 0.3) is 0 Å². The van der Waals surface area contributed by atoms with E-state index in [1.54, 1.807) is 16.4 Å². The van der Waals surface area contributed by atoms with Gasteiger partial charge in [-0.3, -0.25) is 4.79 Å². The molecule has 2 rings (SSSR count). The summed E-state index contributed by atoms with van der Waals surface area (Å²) in [6.07, 6.45) is 5.36. The fourth-order valence-corrected chi connectivity index (χ4v) is 4.98. The zero-order valence-corrected chi connectivity index (χ0v) is 17.6. The van der Waals surface area contributed by atoms with Crippen molar-refractivity contribution in [1.82, 2.24) is 14.6 Å². The van der Waals surface area contributed by atoms with E-state index in [0.717, 1.165) is 25.7 Å². The van der Waals surface area contributed by atoms with Crippen LogP contribution in [0.15, 0.2) is 28.3 Å². The lowest BCUT2D eigenvalue weighted by Gasteiger charge is -2.23. The average molecular weight is 400 g/mol. The number of rotatable bonds is 5. The summed E-state index contributed by atoms with van der Waals surface area (Å²) in [7, 11) is -3.49. The van der Waals surface area contributed by atoms with Crippen molar-refractivity contribution < 1.29 is 13.2 Å². The van der Waals surface area contributed by atoms with E-state index in [2.05, 4.69) is 10.3 Å². The van der Waals surface area contributed by atoms with Crippen molar-refractivity contribution in [3.05, 3.63) is 18.3 Å². The van der Waals surface area contributed by atoms with E-state index in [0.29, 0.717) is 18.1 Å². The van der Waals surface area contributed by atoms with Crippen LogP contribution in [0.4, 0.5) is 0 Å². The van der Waals surface area contributed by atoms with Gasteiger partial charge in [-0.05, 0) is 52.7 Å². The Kier molecular flexibility index (Phi) is 7.10. The lowest BCUT2D eigenvalue weighted by molar-refractivity contribution is -0.121. The fourth-order valence-electron chi connectivity index (χ4n) is 2.73. The van der Waals surface area contributed by atoms with Crippen LogP contribution in [-0.4, -0.2) is 47.5 Å². The second kappa shape index (κ2) is 8.71. The van der Waals surface area contributed by atoms with Crippen molar-refractivity contribution in [2.45, 2.75) is 74.1 Å². The summed E-state index contributed by atoms with van der Waals surface area (Å²) in [6.45, 7) is 8.76. The van der Waals surface area contributed by atoms with E-state index in [1.807, 2.05) is 27.7 Å². The van der Waals surface area contributed by atoms with Gasteiger partial charge in [0.05, 0.1) is 10.3 Å². The first-order valence-corrected chi connectivity index (χ1v) is 11.4. The van der Waals surface area contributed by atoms with Gasteiger partial charge < -0.3 is 5.32 Å². The molecule has 0 bridgehead atoms. The molecule has 1 aliphatic heterocycles. The Morgan fingerprint density at radius 2 is 1.81 bits per heavy atom. The van der Waals surface area contributed by atoms with E-state index in [-0.39, 0.29) is 21.6 Å². The third kappa shape index (κ3) is 5.96. The summed E-state index contributed by atoms with van der Waals surface area (Å²) >= 11 is 1.32. The Morgan fingerprint density at radius 3 is 2.31 bits per heavy atom. The number of pyridine rings is 1. The molecule has 1 atom stereocenters. The molecule has 1 fully saturated rings. The number of carbonyl (C=O) groups is 1. The maximum Gasteiger partial charge on any atom is 0.244 e. The molecule has 0 aromatic carbocycles. The minimum Gasteiger partial charge on any atom is -0.351 e. The van der Waals surface area contributed by atoms with Crippen LogP contribution in [0.1, 0.15) is 53.4 Å². The van der Waals surface area contributed by atoms with E-state index in [9.17, 15) is 13.2 Å². The normalized spacial score (nSPS) is 18.2. The number of amides is 1. The van der Waals surface area contributed by atoms with Crippen molar-refractivity contribution in [2.24, 2.45) is 0 Å². The average Bonchev–Trinajstić information content (AvgIpc) is 2.83. The molecule has 1 amide bonds. The summed E-state index contributed by atoms with van der Waals surface area (Å²) in [5, 5.41) is 3.26. The van der Waals surface area contributed by atoms with Gasteiger partial charge in [0.1, 0.15) is 4.90 Å². The van der Waals surface area contributed by atoms with Gasteiger partial charge in [-0.1, -0.05) is 24.6 Å². The van der Waals surface area contributed by atoms with Gasteiger partial charge in [0.15, 0.2) is 0 Å². The standard InChI is InChI=1S/C18H29N3O3S2/c1-14(17(22)20-18(2,3)4)25-16-10-9-15(13-19-16)26(23,24)21-11-7-5-6-8-12-21/h9-10,13-14H,5-8,11-12H2,1-4H3,(H,20,22)/t14-/m0/s1. The van der Waals surface area contributed by atoms with E-state index in [4.69, 9.17) is 0 Å². The molecule has 1 N–H and O–H groups in total. The number of thioether (sulfide) groups is 1. The maximum absolute atomic E-state index is 12.8. The fraction of sp³-hybridized carbons (Fsp3) is 0.667. The Hall–Kier alpha value is -1.12. The maximum atomic E-state index is 12.8. The Labute approximate surface area is 161 Å². The van der Waals surface area contributed by atoms with Crippen LogP contribution in [0.5, 0.6) is 0 Å². The molecule has 1 aromatic heterocycles. The molecule has 26 heavy (non-hydrogen) atoms. The quantitative estimate of drug-likeness (QED) is 0.770. The Morgan fingerprint density at radius 1 is 1.19 bits per heavy atom. The zero-order chi connectivity index (χ0) is 19.4.